The second kappa shape index (κ2) is 7.99. The number of rotatable bonds is 5. The van der Waals surface area contributed by atoms with E-state index < -0.39 is 0 Å². The highest BCUT2D eigenvalue weighted by Crippen LogP contribution is 2.20. The molecule has 2 fully saturated rings. The summed E-state index contributed by atoms with van der Waals surface area (Å²) in [5.74, 6) is 0.178. The van der Waals surface area contributed by atoms with Gasteiger partial charge in [0.2, 0.25) is 0 Å². The lowest BCUT2D eigenvalue weighted by Crippen LogP contribution is -2.49. The summed E-state index contributed by atoms with van der Waals surface area (Å²) in [6.07, 6.45) is 2.22. The smallest absolute Gasteiger partial charge is 0.253 e. The first-order valence-electron chi connectivity index (χ1n) is 9.24. The van der Waals surface area contributed by atoms with Gasteiger partial charge in [0.25, 0.3) is 5.91 Å². The van der Waals surface area contributed by atoms with Crippen LogP contribution in [0.1, 0.15) is 30.1 Å². The molecule has 3 rings (SSSR count). The van der Waals surface area contributed by atoms with Gasteiger partial charge in [-0.2, -0.15) is 0 Å². The van der Waals surface area contributed by atoms with Crippen molar-refractivity contribution in [2.45, 2.75) is 25.8 Å². The number of anilines is 1. The highest BCUT2D eigenvalue weighted by atomic mass is 16.2. The van der Waals surface area contributed by atoms with E-state index in [0.717, 1.165) is 64.2 Å². The second-order valence-electron chi connectivity index (χ2n) is 6.95. The van der Waals surface area contributed by atoms with Crippen molar-refractivity contribution >= 4 is 11.6 Å². The zero-order valence-corrected chi connectivity index (χ0v) is 15.0. The summed E-state index contributed by atoms with van der Waals surface area (Å²) in [7, 11) is 2.10. The molecule has 0 saturated carbocycles. The van der Waals surface area contributed by atoms with Gasteiger partial charge in [-0.25, -0.2) is 0 Å². The lowest BCUT2D eigenvalue weighted by atomic mass is 10.1. The highest BCUT2D eigenvalue weighted by Gasteiger charge is 2.31. The molecule has 1 unspecified atom stereocenters. The molecule has 132 valence electrons. The Morgan fingerprint density at radius 3 is 2.58 bits per heavy atom. The number of piperazine rings is 1. The minimum Gasteiger partial charge on any atom is -0.375 e. The second-order valence-corrected chi connectivity index (χ2v) is 6.95. The van der Waals surface area contributed by atoms with E-state index in [-0.39, 0.29) is 5.91 Å². The Balaban J connectivity index is 1.58. The topological polar surface area (TPSA) is 38.8 Å². The average Bonchev–Trinajstić information content (AvgIpc) is 3.12. The maximum absolute atomic E-state index is 12.8. The molecule has 1 aromatic carbocycles. The summed E-state index contributed by atoms with van der Waals surface area (Å²) in [4.78, 5) is 19.5. The fraction of sp³-hybridized carbons (Fsp3) is 0.632. The predicted molar refractivity (Wildman–Crippen MR) is 98.8 cm³/mol. The molecule has 0 bridgehead atoms. The van der Waals surface area contributed by atoms with Gasteiger partial charge in [0.15, 0.2) is 0 Å². The van der Waals surface area contributed by atoms with Crippen LogP contribution < -0.4 is 10.2 Å². The standard InChI is InChI=1S/C19H30N4O/c1-3-11-21(2)17-6-4-16(5-7-17)19(24)23-12-8-18(15-23)22-13-9-20-10-14-22/h4-7,18,20H,3,8-15H2,1-2H3. The number of hydrogen-bond acceptors (Lipinski definition) is 4. The molecule has 1 aromatic rings. The molecule has 1 atom stereocenters. The maximum Gasteiger partial charge on any atom is 0.253 e. The van der Waals surface area contributed by atoms with E-state index in [1.54, 1.807) is 0 Å². The quantitative estimate of drug-likeness (QED) is 0.891. The van der Waals surface area contributed by atoms with Crippen molar-refractivity contribution in [1.29, 1.82) is 0 Å². The number of benzene rings is 1. The fourth-order valence-electron chi connectivity index (χ4n) is 3.78. The first kappa shape index (κ1) is 17.2. The van der Waals surface area contributed by atoms with Crippen molar-refractivity contribution < 1.29 is 4.79 Å². The number of carbonyl (C=O) groups excluding carboxylic acids is 1. The molecule has 2 saturated heterocycles. The lowest BCUT2D eigenvalue weighted by molar-refractivity contribution is 0.0773. The maximum atomic E-state index is 12.8. The largest absolute Gasteiger partial charge is 0.375 e. The Hall–Kier alpha value is -1.59. The van der Waals surface area contributed by atoms with Gasteiger partial charge in [0.1, 0.15) is 0 Å². The molecule has 24 heavy (non-hydrogen) atoms. The minimum absolute atomic E-state index is 0.178. The first-order chi connectivity index (χ1) is 11.7. The van der Waals surface area contributed by atoms with Crippen molar-refractivity contribution in [3.05, 3.63) is 29.8 Å². The van der Waals surface area contributed by atoms with Crippen LogP contribution in [0.4, 0.5) is 5.69 Å². The SMILES string of the molecule is CCCN(C)c1ccc(C(=O)N2CCC(N3CCNCC3)C2)cc1. The zero-order chi connectivity index (χ0) is 16.9. The van der Waals surface area contributed by atoms with E-state index in [2.05, 4.69) is 41.2 Å². The number of likely N-dealkylation sites (tertiary alicyclic amines) is 1. The van der Waals surface area contributed by atoms with Crippen molar-refractivity contribution in [2.75, 3.05) is 57.8 Å². The molecule has 0 aromatic heterocycles. The summed E-state index contributed by atoms with van der Waals surface area (Å²) in [5, 5.41) is 3.40. The van der Waals surface area contributed by atoms with Crippen LogP contribution in [0.3, 0.4) is 0 Å². The molecule has 1 amide bonds. The molecular formula is C19H30N4O. The molecule has 2 aliphatic rings. The Labute approximate surface area is 145 Å². The Morgan fingerprint density at radius 1 is 1.21 bits per heavy atom. The van der Waals surface area contributed by atoms with Gasteiger partial charge >= 0.3 is 0 Å². The van der Waals surface area contributed by atoms with Crippen LogP contribution in [0.25, 0.3) is 0 Å². The van der Waals surface area contributed by atoms with Gasteiger partial charge < -0.3 is 15.1 Å². The van der Waals surface area contributed by atoms with Crippen molar-refractivity contribution in [2.24, 2.45) is 0 Å². The van der Waals surface area contributed by atoms with Crippen LogP contribution in [0.15, 0.2) is 24.3 Å². The number of amides is 1. The van der Waals surface area contributed by atoms with Crippen LogP contribution in [0, 0.1) is 0 Å². The molecule has 0 aliphatic carbocycles. The summed E-state index contributed by atoms with van der Waals surface area (Å²) >= 11 is 0. The van der Waals surface area contributed by atoms with E-state index >= 15 is 0 Å². The van der Waals surface area contributed by atoms with Gasteiger partial charge in [0, 0.05) is 70.2 Å². The van der Waals surface area contributed by atoms with Crippen LogP contribution in [-0.2, 0) is 0 Å². The van der Waals surface area contributed by atoms with Gasteiger partial charge in [-0.3, -0.25) is 9.69 Å². The van der Waals surface area contributed by atoms with Gasteiger partial charge in [0.05, 0.1) is 0 Å². The molecule has 2 aliphatic heterocycles. The van der Waals surface area contributed by atoms with E-state index in [9.17, 15) is 4.79 Å². The minimum atomic E-state index is 0.178. The average molecular weight is 330 g/mol. The van der Waals surface area contributed by atoms with Crippen molar-refractivity contribution in [3.8, 4) is 0 Å². The molecular weight excluding hydrogens is 300 g/mol. The van der Waals surface area contributed by atoms with Crippen LogP contribution in [0.2, 0.25) is 0 Å². The van der Waals surface area contributed by atoms with Crippen molar-refractivity contribution in [1.82, 2.24) is 15.1 Å². The summed E-state index contributed by atoms with van der Waals surface area (Å²) in [6, 6.07) is 8.61. The number of hydrogen-bond donors (Lipinski definition) is 1. The molecule has 0 spiro atoms. The Kier molecular flexibility index (Phi) is 5.74. The van der Waals surface area contributed by atoms with Gasteiger partial charge in [-0.1, -0.05) is 6.92 Å². The van der Waals surface area contributed by atoms with Gasteiger partial charge in [-0.05, 0) is 37.1 Å². The van der Waals surface area contributed by atoms with Crippen LogP contribution in [0.5, 0.6) is 0 Å². The van der Waals surface area contributed by atoms with E-state index in [1.165, 1.54) is 5.69 Å². The third kappa shape index (κ3) is 3.90. The van der Waals surface area contributed by atoms with Crippen molar-refractivity contribution in [3.63, 3.8) is 0 Å². The Morgan fingerprint density at radius 2 is 1.92 bits per heavy atom. The number of carbonyl (C=O) groups is 1. The molecule has 0 radical (unpaired) electrons. The van der Waals surface area contributed by atoms with E-state index in [4.69, 9.17) is 0 Å². The fourth-order valence-corrected chi connectivity index (χ4v) is 3.78. The zero-order valence-electron chi connectivity index (χ0n) is 15.0. The summed E-state index contributed by atoms with van der Waals surface area (Å²) < 4.78 is 0. The van der Waals surface area contributed by atoms with E-state index in [0.29, 0.717) is 6.04 Å². The molecule has 5 nitrogen and oxygen atoms in total. The highest BCUT2D eigenvalue weighted by molar-refractivity contribution is 5.94. The third-order valence-corrected chi connectivity index (χ3v) is 5.23. The molecule has 2 heterocycles. The normalized spacial score (nSPS) is 21.9. The monoisotopic (exact) mass is 330 g/mol. The Bertz CT molecular complexity index is 539. The van der Waals surface area contributed by atoms with Crippen LogP contribution in [-0.4, -0.2) is 74.6 Å². The predicted octanol–water partition coefficient (Wildman–Crippen LogP) is 1.65. The molecule has 1 N–H and O–H groups in total. The summed E-state index contributed by atoms with van der Waals surface area (Å²) in [6.45, 7) is 9.30. The number of nitrogens with zero attached hydrogens (tertiary/aromatic N) is 3. The molecule has 5 heteroatoms. The van der Waals surface area contributed by atoms with E-state index in [1.807, 2.05) is 17.0 Å². The first-order valence-corrected chi connectivity index (χ1v) is 9.24. The number of nitrogens with one attached hydrogen (secondary N) is 1. The van der Waals surface area contributed by atoms with Crippen LogP contribution >= 0.6 is 0 Å². The lowest BCUT2D eigenvalue weighted by Gasteiger charge is -2.32. The summed E-state index contributed by atoms with van der Waals surface area (Å²) in [5.41, 5.74) is 1.98. The third-order valence-electron chi connectivity index (χ3n) is 5.23. The van der Waals surface area contributed by atoms with Gasteiger partial charge in [-0.15, -0.1) is 0 Å².